The minimum atomic E-state index is -0.415. The average molecular weight is 367 g/mol. The predicted molar refractivity (Wildman–Crippen MR) is 109 cm³/mol. The lowest BCUT2D eigenvalue weighted by Crippen LogP contribution is -2.47. The number of nitrogens with one attached hydrogen (secondary N) is 1. The summed E-state index contributed by atoms with van der Waals surface area (Å²) in [6.45, 7) is 20.8. The van der Waals surface area contributed by atoms with E-state index in [0.717, 1.165) is 32.2 Å². The van der Waals surface area contributed by atoms with Crippen LogP contribution in [0.2, 0.25) is 0 Å². The molecule has 152 valence electrons. The number of hydrogen-bond donors (Lipinski definition) is 1. The van der Waals surface area contributed by atoms with E-state index in [1.54, 1.807) is 7.05 Å². The summed E-state index contributed by atoms with van der Waals surface area (Å²) in [7, 11) is 1.71. The van der Waals surface area contributed by atoms with E-state index in [2.05, 4.69) is 69.1 Å². The van der Waals surface area contributed by atoms with Gasteiger partial charge < -0.3 is 5.32 Å². The van der Waals surface area contributed by atoms with Crippen LogP contribution in [-0.2, 0) is 4.79 Å². The molecular formula is C21H42N4O. The van der Waals surface area contributed by atoms with E-state index in [-0.39, 0.29) is 28.3 Å². The molecule has 1 aliphatic heterocycles. The highest BCUT2D eigenvalue weighted by Gasteiger charge is 2.45. The zero-order chi connectivity index (χ0) is 20.4. The van der Waals surface area contributed by atoms with Crippen LogP contribution in [0.3, 0.4) is 0 Å². The Hall–Kier alpha value is -1.13. The molecule has 5 nitrogen and oxygen atoms in total. The van der Waals surface area contributed by atoms with E-state index >= 15 is 0 Å². The highest BCUT2D eigenvalue weighted by molar-refractivity contribution is 5.81. The van der Waals surface area contributed by atoms with Crippen LogP contribution in [0.1, 0.15) is 88.0 Å². The Morgan fingerprint density at radius 3 is 2.08 bits per heavy atom. The molecule has 0 aliphatic carbocycles. The third kappa shape index (κ3) is 5.20. The summed E-state index contributed by atoms with van der Waals surface area (Å²) in [5.74, 6) is 0.0917. The van der Waals surface area contributed by atoms with Crippen molar-refractivity contribution in [3.8, 4) is 0 Å². The Morgan fingerprint density at radius 1 is 1.04 bits per heavy atom. The van der Waals surface area contributed by atoms with Crippen molar-refractivity contribution in [1.82, 2.24) is 10.3 Å². The molecule has 1 N–H and O–H groups in total. The molecular weight excluding hydrogens is 324 g/mol. The van der Waals surface area contributed by atoms with E-state index in [1.165, 1.54) is 0 Å². The normalized spacial score (nSPS) is 21.0. The second-order valence-electron chi connectivity index (χ2n) is 10.5. The minimum Gasteiger partial charge on any atom is -0.359 e. The molecule has 0 aromatic rings. The SMILES string of the molecule is CCC(C)(C)CC(C)(C)N1CC(C(C)(CC)CC(C)(C)C(=O)NC)N=N1. The van der Waals surface area contributed by atoms with Gasteiger partial charge in [-0.3, -0.25) is 9.80 Å². The standard InChI is InChI=1S/C21H42N4O/c1-11-18(3,4)14-20(7,8)25-13-16(23-24-25)21(9,12-2)15-19(5,6)17(26)22-10/h16H,11-15H2,1-10H3,(H,22,26). The molecule has 0 spiro atoms. The van der Waals surface area contributed by atoms with Crippen LogP contribution in [-0.4, -0.2) is 36.1 Å². The lowest BCUT2D eigenvalue weighted by molar-refractivity contribution is -0.130. The van der Waals surface area contributed by atoms with Crippen molar-refractivity contribution < 1.29 is 4.79 Å². The van der Waals surface area contributed by atoms with E-state index in [4.69, 9.17) is 0 Å². The Balaban J connectivity index is 2.91. The molecule has 0 aromatic carbocycles. The molecule has 0 radical (unpaired) electrons. The third-order valence-corrected chi connectivity index (χ3v) is 6.51. The van der Waals surface area contributed by atoms with E-state index < -0.39 is 5.41 Å². The predicted octanol–water partition coefficient (Wildman–Crippen LogP) is 5.22. The minimum absolute atomic E-state index is 0.0251. The zero-order valence-corrected chi connectivity index (χ0v) is 18.9. The summed E-state index contributed by atoms with van der Waals surface area (Å²) < 4.78 is 0. The van der Waals surface area contributed by atoms with Gasteiger partial charge in [0.2, 0.25) is 5.91 Å². The van der Waals surface area contributed by atoms with E-state index in [9.17, 15) is 4.79 Å². The van der Waals surface area contributed by atoms with Gasteiger partial charge in [-0.1, -0.05) is 60.1 Å². The fourth-order valence-corrected chi connectivity index (χ4v) is 4.38. The van der Waals surface area contributed by atoms with Gasteiger partial charge in [-0.15, -0.1) is 0 Å². The van der Waals surface area contributed by atoms with Crippen LogP contribution in [0.15, 0.2) is 10.3 Å². The number of rotatable bonds is 9. The van der Waals surface area contributed by atoms with Crippen LogP contribution >= 0.6 is 0 Å². The van der Waals surface area contributed by atoms with Crippen LogP contribution in [0, 0.1) is 16.2 Å². The van der Waals surface area contributed by atoms with Crippen molar-refractivity contribution in [3.63, 3.8) is 0 Å². The first-order valence-corrected chi connectivity index (χ1v) is 10.1. The van der Waals surface area contributed by atoms with Crippen molar-refractivity contribution in [1.29, 1.82) is 0 Å². The van der Waals surface area contributed by atoms with Crippen molar-refractivity contribution in [2.75, 3.05) is 13.6 Å². The van der Waals surface area contributed by atoms with Crippen molar-refractivity contribution in [2.45, 2.75) is 99.6 Å². The number of carbonyl (C=O) groups excluding carboxylic acids is 1. The molecule has 2 unspecified atom stereocenters. The molecule has 1 amide bonds. The third-order valence-electron chi connectivity index (χ3n) is 6.51. The number of carbonyl (C=O) groups is 1. The summed E-state index contributed by atoms with van der Waals surface area (Å²) in [6.07, 6.45) is 4.01. The molecule has 0 saturated carbocycles. The quantitative estimate of drug-likeness (QED) is 0.608. The maximum Gasteiger partial charge on any atom is 0.225 e. The maximum atomic E-state index is 12.3. The zero-order valence-electron chi connectivity index (χ0n) is 18.9. The van der Waals surface area contributed by atoms with E-state index in [1.807, 2.05) is 13.8 Å². The first-order chi connectivity index (χ1) is 11.7. The maximum absolute atomic E-state index is 12.3. The Labute approximate surface area is 161 Å². The molecule has 5 heteroatoms. The van der Waals surface area contributed by atoms with Gasteiger partial charge in [0.15, 0.2) is 0 Å². The van der Waals surface area contributed by atoms with Gasteiger partial charge in [0.25, 0.3) is 0 Å². The van der Waals surface area contributed by atoms with Crippen molar-refractivity contribution in [3.05, 3.63) is 0 Å². The molecule has 2 atom stereocenters. The molecule has 1 rings (SSSR count). The Kier molecular flexibility index (Phi) is 6.92. The monoisotopic (exact) mass is 366 g/mol. The molecule has 0 fully saturated rings. The fraction of sp³-hybridized carbons (Fsp3) is 0.952. The van der Waals surface area contributed by atoms with Crippen molar-refractivity contribution >= 4 is 5.91 Å². The smallest absolute Gasteiger partial charge is 0.225 e. The molecule has 26 heavy (non-hydrogen) atoms. The van der Waals surface area contributed by atoms with Gasteiger partial charge in [0, 0.05) is 12.5 Å². The molecule has 0 saturated heterocycles. The second-order valence-corrected chi connectivity index (χ2v) is 10.5. The van der Waals surface area contributed by atoms with Crippen molar-refractivity contribution in [2.24, 2.45) is 26.6 Å². The number of amides is 1. The highest BCUT2D eigenvalue weighted by atomic mass is 16.2. The van der Waals surface area contributed by atoms with Crippen LogP contribution < -0.4 is 5.32 Å². The first-order valence-electron chi connectivity index (χ1n) is 10.1. The van der Waals surface area contributed by atoms with Gasteiger partial charge >= 0.3 is 0 Å². The molecule has 1 heterocycles. The fourth-order valence-electron chi connectivity index (χ4n) is 4.38. The molecule has 0 aromatic heterocycles. The molecule has 1 aliphatic rings. The average Bonchev–Trinajstić information content (AvgIpc) is 3.04. The van der Waals surface area contributed by atoms with Gasteiger partial charge in [-0.05, 0) is 43.9 Å². The first kappa shape index (κ1) is 22.9. The van der Waals surface area contributed by atoms with Gasteiger partial charge in [0.05, 0.1) is 18.1 Å². The summed E-state index contributed by atoms with van der Waals surface area (Å²) in [5.41, 5.74) is -0.206. The summed E-state index contributed by atoms with van der Waals surface area (Å²) >= 11 is 0. The van der Waals surface area contributed by atoms with Crippen LogP contribution in [0.25, 0.3) is 0 Å². The van der Waals surface area contributed by atoms with Gasteiger partial charge in [-0.25, -0.2) is 0 Å². The molecule has 0 bridgehead atoms. The summed E-state index contributed by atoms with van der Waals surface area (Å²) in [5, 5.41) is 14.2. The van der Waals surface area contributed by atoms with E-state index in [0.29, 0.717) is 0 Å². The highest BCUT2D eigenvalue weighted by Crippen LogP contribution is 2.44. The number of nitrogens with zero attached hydrogens (tertiary/aromatic N) is 3. The van der Waals surface area contributed by atoms with Gasteiger partial charge in [0.1, 0.15) is 0 Å². The number of hydrogen-bond acceptors (Lipinski definition) is 4. The lowest BCUT2D eigenvalue weighted by atomic mass is 9.68. The lowest BCUT2D eigenvalue weighted by Gasteiger charge is -2.42. The summed E-state index contributed by atoms with van der Waals surface area (Å²) in [4.78, 5) is 12.3. The summed E-state index contributed by atoms with van der Waals surface area (Å²) in [6, 6.07) is 0.125. The topological polar surface area (TPSA) is 57.1 Å². The second kappa shape index (κ2) is 7.85. The Morgan fingerprint density at radius 2 is 1.62 bits per heavy atom. The van der Waals surface area contributed by atoms with Crippen LogP contribution in [0.5, 0.6) is 0 Å². The Bertz CT molecular complexity index is 524. The van der Waals surface area contributed by atoms with Crippen LogP contribution in [0.4, 0.5) is 0 Å². The largest absolute Gasteiger partial charge is 0.359 e. The van der Waals surface area contributed by atoms with Gasteiger partial charge in [-0.2, -0.15) is 5.11 Å².